The number of benzene rings is 2. The van der Waals surface area contributed by atoms with Crippen molar-refractivity contribution in [1.82, 2.24) is 10.2 Å². The predicted molar refractivity (Wildman–Crippen MR) is 99.6 cm³/mol. The number of hydrogen-bond donors (Lipinski definition) is 1. The molecule has 0 unspecified atom stereocenters. The van der Waals surface area contributed by atoms with E-state index in [1.54, 1.807) is 7.11 Å². The molecule has 0 atom stereocenters. The Morgan fingerprint density at radius 1 is 1.08 bits per heavy atom. The van der Waals surface area contributed by atoms with Crippen molar-refractivity contribution in [3.63, 3.8) is 0 Å². The molecule has 0 aliphatic heterocycles. The Morgan fingerprint density at radius 3 is 2.52 bits per heavy atom. The molecule has 6 heteroatoms. The topological polar surface area (TPSA) is 64.1 Å². The number of rotatable bonds is 5. The molecule has 0 fully saturated rings. The number of carbonyl (C=O) groups is 1. The minimum Gasteiger partial charge on any atom is -0.497 e. The summed E-state index contributed by atoms with van der Waals surface area (Å²) in [6.45, 7) is 4.01. The maximum Gasteiger partial charge on any atom is 0.257 e. The molecule has 0 aliphatic carbocycles. The number of anilines is 1. The summed E-state index contributed by atoms with van der Waals surface area (Å²) >= 11 is 1.38. The number of methoxy groups -OCH3 is 1. The Kier molecular flexibility index (Phi) is 5.09. The van der Waals surface area contributed by atoms with Crippen molar-refractivity contribution >= 4 is 22.4 Å². The van der Waals surface area contributed by atoms with Gasteiger partial charge in [-0.15, -0.1) is 10.2 Å². The van der Waals surface area contributed by atoms with E-state index in [9.17, 15) is 4.79 Å². The molecule has 0 bridgehead atoms. The van der Waals surface area contributed by atoms with Gasteiger partial charge in [-0.1, -0.05) is 29.5 Å². The van der Waals surface area contributed by atoms with Gasteiger partial charge < -0.3 is 4.74 Å². The van der Waals surface area contributed by atoms with Crippen LogP contribution in [0.4, 0.5) is 5.13 Å². The third-order valence-electron chi connectivity index (χ3n) is 3.97. The van der Waals surface area contributed by atoms with Gasteiger partial charge in [-0.2, -0.15) is 0 Å². The summed E-state index contributed by atoms with van der Waals surface area (Å²) < 4.78 is 5.15. The average Bonchev–Trinajstić information content (AvgIpc) is 3.04. The second kappa shape index (κ2) is 7.44. The molecule has 5 nitrogen and oxygen atoms in total. The molecule has 1 amide bonds. The zero-order valence-electron chi connectivity index (χ0n) is 14.4. The summed E-state index contributed by atoms with van der Waals surface area (Å²) in [5.74, 6) is 0.651. The van der Waals surface area contributed by atoms with E-state index in [1.807, 2.05) is 56.3 Å². The van der Waals surface area contributed by atoms with Gasteiger partial charge in [0, 0.05) is 12.0 Å². The first-order valence-electron chi connectivity index (χ1n) is 7.89. The summed E-state index contributed by atoms with van der Waals surface area (Å²) in [6, 6.07) is 13.5. The molecule has 0 spiro atoms. The molecule has 3 aromatic rings. The van der Waals surface area contributed by atoms with E-state index >= 15 is 0 Å². The maximum absolute atomic E-state index is 12.3. The SMILES string of the molecule is COc1ccc(Cc2nnc(NC(=O)c3ccc(C)c(C)c3)s2)cc1. The van der Waals surface area contributed by atoms with Crippen molar-refractivity contribution in [2.24, 2.45) is 0 Å². The molecular formula is C19H19N3O2S. The molecule has 25 heavy (non-hydrogen) atoms. The first-order chi connectivity index (χ1) is 12.0. The lowest BCUT2D eigenvalue weighted by atomic mass is 10.1. The van der Waals surface area contributed by atoms with Crippen LogP contribution in [0.3, 0.4) is 0 Å². The molecule has 0 saturated heterocycles. The second-order valence-corrected chi connectivity index (χ2v) is 6.84. The molecule has 1 aromatic heterocycles. The fourth-order valence-corrected chi connectivity index (χ4v) is 3.11. The lowest BCUT2D eigenvalue weighted by molar-refractivity contribution is 0.102. The highest BCUT2D eigenvalue weighted by atomic mass is 32.1. The van der Waals surface area contributed by atoms with Crippen molar-refractivity contribution in [2.75, 3.05) is 12.4 Å². The van der Waals surface area contributed by atoms with Gasteiger partial charge in [0.25, 0.3) is 5.91 Å². The molecule has 128 valence electrons. The lowest BCUT2D eigenvalue weighted by Gasteiger charge is -2.04. The summed E-state index contributed by atoms with van der Waals surface area (Å²) in [5, 5.41) is 12.4. The van der Waals surface area contributed by atoms with Crippen LogP contribution >= 0.6 is 11.3 Å². The summed E-state index contributed by atoms with van der Waals surface area (Å²) in [6.07, 6.45) is 0.668. The second-order valence-electron chi connectivity index (χ2n) is 5.78. The molecule has 1 heterocycles. The van der Waals surface area contributed by atoms with E-state index in [0.29, 0.717) is 17.1 Å². The molecule has 0 radical (unpaired) electrons. The highest BCUT2D eigenvalue weighted by molar-refractivity contribution is 7.15. The lowest BCUT2D eigenvalue weighted by Crippen LogP contribution is -2.12. The smallest absolute Gasteiger partial charge is 0.257 e. The number of amides is 1. The van der Waals surface area contributed by atoms with Crippen LogP contribution in [0, 0.1) is 13.8 Å². The van der Waals surface area contributed by atoms with Crippen molar-refractivity contribution in [2.45, 2.75) is 20.3 Å². The first kappa shape index (κ1) is 17.1. The van der Waals surface area contributed by atoms with Gasteiger partial charge in [-0.25, -0.2) is 0 Å². The van der Waals surface area contributed by atoms with Crippen LogP contribution in [0.1, 0.15) is 32.1 Å². The number of hydrogen-bond acceptors (Lipinski definition) is 5. The first-order valence-corrected chi connectivity index (χ1v) is 8.70. The Labute approximate surface area is 150 Å². The van der Waals surface area contributed by atoms with Crippen LogP contribution in [0.2, 0.25) is 0 Å². The predicted octanol–water partition coefficient (Wildman–Crippen LogP) is 4.01. The van der Waals surface area contributed by atoms with E-state index < -0.39 is 0 Å². The van der Waals surface area contributed by atoms with Crippen LogP contribution in [-0.2, 0) is 6.42 Å². The Balaban J connectivity index is 1.66. The van der Waals surface area contributed by atoms with Gasteiger partial charge in [0.05, 0.1) is 7.11 Å². The van der Waals surface area contributed by atoms with E-state index in [1.165, 1.54) is 11.3 Å². The van der Waals surface area contributed by atoms with E-state index in [-0.39, 0.29) is 5.91 Å². The standard InChI is InChI=1S/C19H19N3O2S/c1-12-4-7-15(10-13(12)2)18(23)20-19-22-21-17(25-19)11-14-5-8-16(24-3)9-6-14/h4-10H,11H2,1-3H3,(H,20,22,23). The molecular weight excluding hydrogens is 334 g/mol. The van der Waals surface area contributed by atoms with Crippen molar-refractivity contribution in [3.8, 4) is 5.75 Å². The number of nitrogens with one attached hydrogen (secondary N) is 1. The van der Waals surface area contributed by atoms with E-state index in [0.717, 1.165) is 27.4 Å². The van der Waals surface area contributed by atoms with Gasteiger partial charge in [-0.05, 0) is 54.8 Å². The van der Waals surface area contributed by atoms with Gasteiger partial charge in [0.15, 0.2) is 0 Å². The summed E-state index contributed by atoms with van der Waals surface area (Å²) in [4.78, 5) is 12.3. The molecule has 0 aliphatic rings. The van der Waals surface area contributed by atoms with Gasteiger partial charge in [0.2, 0.25) is 5.13 Å². The largest absolute Gasteiger partial charge is 0.497 e. The zero-order chi connectivity index (χ0) is 17.8. The molecule has 1 N–H and O–H groups in total. The Bertz CT molecular complexity index is 888. The fraction of sp³-hybridized carbons (Fsp3) is 0.211. The third kappa shape index (κ3) is 4.22. The van der Waals surface area contributed by atoms with Gasteiger partial charge in [0.1, 0.15) is 10.8 Å². The zero-order valence-corrected chi connectivity index (χ0v) is 15.2. The van der Waals surface area contributed by atoms with Gasteiger partial charge in [-0.3, -0.25) is 10.1 Å². The van der Waals surface area contributed by atoms with Crippen molar-refractivity contribution < 1.29 is 9.53 Å². The minimum absolute atomic E-state index is 0.171. The Hall–Kier alpha value is -2.73. The summed E-state index contributed by atoms with van der Waals surface area (Å²) in [7, 11) is 1.64. The monoisotopic (exact) mass is 353 g/mol. The Morgan fingerprint density at radius 2 is 1.84 bits per heavy atom. The third-order valence-corrected chi connectivity index (χ3v) is 4.81. The minimum atomic E-state index is -0.171. The van der Waals surface area contributed by atoms with Crippen LogP contribution < -0.4 is 10.1 Å². The summed E-state index contributed by atoms with van der Waals surface area (Å²) in [5.41, 5.74) is 3.98. The quantitative estimate of drug-likeness (QED) is 0.753. The van der Waals surface area contributed by atoms with E-state index in [4.69, 9.17) is 4.74 Å². The van der Waals surface area contributed by atoms with Crippen LogP contribution in [0.15, 0.2) is 42.5 Å². The maximum atomic E-state index is 12.3. The molecule has 2 aromatic carbocycles. The number of nitrogens with zero attached hydrogens (tertiary/aromatic N) is 2. The van der Waals surface area contributed by atoms with Crippen LogP contribution in [0.5, 0.6) is 5.75 Å². The normalized spacial score (nSPS) is 10.5. The number of aromatic nitrogens is 2. The van der Waals surface area contributed by atoms with Crippen LogP contribution in [0.25, 0.3) is 0 Å². The van der Waals surface area contributed by atoms with Crippen molar-refractivity contribution in [3.05, 3.63) is 69.7 Å². The molecule has 3 rings (SSSR count). The highest BCUT2D eigenvalue weighted by Gasteiger charge is 2.11. The molecule has 0 saturated carbocycles. The van der Waals surface area contributed by atoms with Crippen LogP contribution in [-0.4, -0.2) is 23.2 Å². The number of aryl methyl sites for hydroxylation is 2. The number of carbonyl (C=O) groups excluding carboxylic acids is 1. The fourth-order valence-electron chi connectivity index (χ4n) is 2.35. The highest BCUT2D eigenvalue weighted by Crippen LogP contribution is 2.21. The van der Waals surface area contributed by atoms with Crippen molar-refractivity contribution in [1.29, 1.82) is 0 Å². The van der Waals surface area contributed by atoms with E-state index in [2.05, 4.69) is 15.5 Å². The van der Waals surface area contributed by atoms with Gasteiger partial charge >= 0.3 is 0 Å². The average molecular weight is 353 g/mol. The number of ether oxygens (including phenoxy) is 1.